The maximum absolute atomic E-state index is 13.6. The summed E-state index contributed by atoms with van der Waals surface area (Å²) in [6.07, 6.45) is 5.36. The van der Waals surface area contributed by atoms with Crippen molar-refractivity contribution in [3.8, 4) is 22.6 Å². The summed E-state index contributed by atoms with van der Waals surface area (Å²) in [5, 5.41) is 8.91. The summed E-state index contributed by atoms with van der Waals surface area (Å²) in [5.41, 5.74) is 6.47. The van der Waals surface area contributed by atoms with Crippen molar-refractivity contribution >= 4 is 67.9 Å². The lowest BCUT2D eigenvalue weighted by molar-refractivity contribution is -0.135. The van der Waals surface area contributed by atoms with Crippen molar-refractivity contribution < 1.29 is 32.9 Å². The quantitative estimate of drug-likeness (QED) is 0.0627. The molecule has 0 radical (unpaired) electrons. The van der Waals surface area contributed by atoms with E-state index in [9.17, 15) is 14.0 Å². The molecule has 0 aliphatic carbocycles. The highest BCUT2D eigenvalue weighted by atomic mass is 35.5. The number of pyridine rings is 2. The fourth-order valence-corrected chi connectivity index (χ4v) is 7.97. The van der Waals surface area contributed by atoms with Crippen molar-refractivity contribution in [2.75, 3.05) is 38.4 Å². The molecular formula is C49H43ClFN7O6. The predicted molar refractivity (Wildman–Crippen MR) is 242 cm³/mol. The van der Waals surface area contributed by atoms with Gasteiger partial charge in [0.25, 0.3) is 0 Å². The van der Waals surface area contributed by atoms with E-state index >= 15 is 0 Å². The van der Waals surface area contributed by atoms with Gasteiger partial charge in [-0.1, -0.05) is 41.9 Å². The Morgan fingerprint density at radius 1 is 0.766 bits per heavy atom. The number of aryl methyl sites for hydroxylation is 1. The van der Waals surface area contributed by atoms with Gasteiger partial charge < -0.3 is 24.3 Å². The summed E-state index contributed by atoms with van der Waals surface area (Å²) in [4.78, 5) is 43.1. The maximum atomic E-state index is 13.6. The van der Waals surface area contributed by atoms with E-state index < -0.39 is 6.04 Å². The minimum atomic E-state index is -0.552. The maximum Gasteiger partial charge on any atom is 0.249 e. The first-order chi connectivity index (χ1) is 31.4. The summed E-state index contributed by atoms with van der Waals surface area (Å²) in [5.74, 6) is 0.937. The number of nitrogens with one attached hydrogen (secondary N) is 2. The number of anilines is 2. The monoisotopic (exact) mass is 879 g/mol. The molecule has 2 amide bonds. The normalized spacial score (nSPS) is 14.0. The fourth-order valence-electron chi connectivity index (χ4n) is 7.74. The van der Waals surface area contributed by atoms with Crippen molar-refractivity contribution in [3.05, 3.63) is 144 Å². The van der Waals surface area contributed by atoms with Crippen LogP contribution in [-0.4, -0.2) is 69.4 Å². The summed E-state index contributed by atoms with van der Waals surface area (Å²) in [6, 6.07) is 32.9. The lowest BCUT2D eigenvalue weighted by Gasteiger charge is -2.23. The van der Waals surface area contributed by atoms with Gasteiger partial charge >= 0.3 is 0 Å². The molecule has 1 fully saturated rings. The van der Waals surface area contributed by atoms with E-state index in [0.717, 1.165) is 56.4 Å². The zero-order valence-corrected chi connectivity index (χ0v) is 35.4. The van der Waals surface area contributed by atoms with Crippen molar-refractivity contribution in [2.24, 2.45) is 0 Å². The smallest absolute Gasteiger partial charge is 0.249 e. The van der Waals surface area contributed by atoms with Crippen LogP contribution in [0.1, 0.15) is 36.6 Å². The molecule has 0 saturated carbocycles. The molecular weight excluding hydrogens is 837 g/mol. The van der Waals surface area contributed by atoms with Crippen LogP contribution in [0.25, 0.3) is 44.1 Å². The number of aromatic nitrogens is 5. The van der Waals surface area contributed by atoms with E-state index in [0.29, 0.717) is 79.3 Å². The third-order valence-corrected chi connectivity index (χ3v) is 11.2. The van der Waals surface area contributed by atoms with Gasteiger partial charge in [-0.3, -0.25) is 19.5 Å². The van der Waals surface area contributed by atoms with E-state index in [2.05, 4.69) is 25.6 Å². The number of hydrogen-bond acceptors (Lipinski definition) is 11. The van der Waals surface area contributed by atoms with E-state index in [4.69, 9.17) is 35.5 Å². The van der Waals surface area contributed by atoms with Crippen LogP contribution in [0, 0.1) is 5.82 Å². The Labute approximate surface area is 372 Å². The molecule has 4 aromatic carbocycles. The number of amides is 2. The zero-order valence-electron chi connectivity index (χ0n) is 34.6. The second-order valence-electron chi connectivity index (χ2n) is 15.2. The number of imide groups is 1. The second kappa shape index (κ2) is 19.6. The molecule has 2 N–H and O–H groups in total. The fraction of sp³-hybridized carbons (Fsp3) is 0.224. The van der Waals surface area contributed by atoms with Gasteiger partial charge in [0, 0.05) is 46.8 Å². The van der Waals surface area contributed by atoms with Crippen LogP contribution in [0.2, 0.25) is 5.02 Å². The third kappa shape index (κ3) is 9.79. The number of halogens is 2. The van der Waals surface area contributed by atoms with Crippen LogP contribution in [0.15, 0.2) is 122 Å². The van der Waals surface area contributed by atoms with Crippen LogP contribution in [0.3, 0.4) is 0 Å². The SMILES string of the molecule is O=C1CCC(n2c3ncccc3c3ccc(CCCOCCOCCOc4ccc(-c5ccc6ncnc(Nc7ccc(OCc8cccc(F)c8)c(Cl)c7)c6c5)cc4)nc32)C(=O)N1. The van der Waals surface area contributed by atoms with Crippen LogP contribution in [-0.2, 0) is 32.1 Å². The van der Waals surface area contributed by atoms with Crippen molar-refractivity contribution in [2.45, 2.75) is 38.3 Å². The number of ether oxygens (including phenoxy) is 4. The highest BCUT2D eigenvalue weighted by molar-refractivity contribution is 6.32. The Hall–Kier alpha value is -7.00. The summed E-state index contributed by atoms with van der Waals surface area (Å²) in [7, 11) is 0. The second-order valence-corrected chi connectivity index (χ2v) is 15.6. The van der Waals surface area contributed by atoms with Crippen molar-refractivity contribution in [3.63, 3.8) is 0 Å². The van der Waals surface area contributed by atoms with Crippen LogP contribution >= 0.6 is 11.6 Å². The number of fused-ring (bicyclic) bond motifs is 4. The molecule has 1 aliphatic heterocycles. The number of rotatable bonds is 18. The molecule has 1 saturated heterocycles. The van der Waals surface area contributed by atoms with Crippen molar-refractivity contribution in [1.29, 1.82) is 0 Å². The lowest BCUT2D eigenvalue weighted by Crippen LogP contribution is -2.41. The third-order valence-electron chi connectivity index (χ3n) is 10.9. The molecule has 0 bridgehead atoms. The minimum Gasteiger partial charge on any atom is -0.491 e. The number of carbonyl (C=O) groups excluding carboxylic acids is 2. The minimum absolute atomic E-state index is 0.190. The van der Waals surface area contributed by atoms with Crippen LogP contribution in [0.4, 0.5) is 15.9 Å². The van der Waals surface area contributed by atoms with Crippen LogP contribution < -0.4 is 20.1 Å². The molecule has 0 spiro atoms. The van der Waals surface area contributed by atoms with Gasteiger partial charge in [-0.05, 0) is 115 Å². The molecule has 1 unspecified atom stereocenters. The molecule has 8 aromatic rings. The Balaban J connectivity index is 0.710. The molecule has 4 aromatic heterocycles. The Kier molecular flexibility index (Phi) is 12.9. The van der Waals surface area contributed by atoms with Gasteiger partial charge in [0.2, 0.25) is 11.8 Å². The van der Waals surface area contributed by atoms with Gasteiger partial charge in [0.05, 0.1) is 30.4 Å². The number of benzene rings is 4. The average molecular weight is 880 g/mol. The van der Waals surface area contributed by atoms with E-state index in [-0.39, 0.29) is 30.7 Å². The molecule has 9 rings (SSSR count). The molecule has 324 valence electrons. The van der Waals surface area contributed by atoms with E-state index in [1.54, 1.807) is 30.5 Å². The molecule has 1 atom stereocenters. The van der Waals surface area contributed by atoms with Gasteiger partial charge in [0.1, 0.15) is 60.0 Å². The van der Waals surface area contributed by atoms with Gasteiger partial charge in [-0.15, -0.1) is 0 Å². The van der Waals surface area contributed by atoms with Crippen LogP contribution in [0.5, 0.6) is 11.5 Å². The largest absolute Gasteiger partial charge is 0.491 e. The zero-order chi connectivity index (χ0) is 43.8. The Morgan fingerprint density at radius 3 is 2.44 bits per heavy atom. The lowest BCUT2D eigenvalue weighted by atomic mass is 10.0. The molecule has 1 aliphatic rings. The molecule has 5 heterocycles. The summed E-state index contributed by atoms with van der Waals surface area (Å²) >= 11 is 6.55. The predicted octanol–water partition coefficient (Wildman–Crippen LogP) is 9.33. The average Bonchev–Trinajstić information content (AvgIpc) is 3.63. The summed E-state index contributed by atoms with van der Waals surface area (Å²) < 4.78 is 38.8. The number of carbonyl (C=O) groups is 2. The Bertz CT molecular complexity index is 2970. The number of piperidine rings is 1. The van der Waals surface area contributed by atoms with Gasteiger partial charge in [0.15, 0.2) is 0 Å². The number of hydrogen-bond donors (Lipinski definition) is 2. The number of nitrogens with zero attached hydrogens (tertiary/aromatic N) is 5. The summed E-state index contributed by atoms with van der Waals surface area (Å²) in [6.45, 7) is 2.45. The first kappa shape index (κ1) is 42.3. The van der Waals surface area contributed by atoms with Gasteiger partial charge in [-0.25, -0.2) is 24.3 Å². The highest BCUT2D eigenvalue weighted by Gasteiger charge is 2.31. The molecule has 13 nitrogen and oxygen atoms in total. The highest BCUT2D eigenvalue weighted by Crippen LogP contribution is 2.34. The van der Waals surface area contributed by atoms with Crippen molar-refractivity contribution in [1.82, 2.24) is 29.8 Å². The first-order valence-corrected chi connectivity index (χ1v) is 21.4. The van der Waals surface area contributed by atoms with E-state index in [1.165, 1.54) is 18.5 Å². The van der Waals surface area contributed by atoms with E-state index in [1.807, 2.05) is 77.4 Å². The Morgan fingerprint density at radius 2 is 1.59 bits per heavy atom. The molecule has 15 heteroatoms. The molecule has 64 heavy (non-hydrogen) atoms. The van der Waals surface area contributed by atoms with Gasteiger partial charge in [-0.2, -0.15) is 0 Å². The standard InChI is InChI=1S/C49H43ClFN7O6/c50-41-28-36(12-18-44(41)64-29-31-4-1-5-34(51)26-31)55-46-40-27-33(10-16-42(40)53-30-54-46)32-8-13-37(14-9-32)63-25-24-62-23-22-61-21-3-6-35-11-15-39-38-7-2-20-52-47(38)58(48(39)56-35)43-17-19-45(59)57-49(43)60/h1-2,4-5,7-16,18,20,26-28,30,43H,3,6,17,19,21-25,29H2,(H,53,54,55)(H,57,59,60). The topological polar surface area (TPSA) is 152 Å². The first-order valence-electron chi connectivity index (χ1n) is 21.0.